The summed E-state index contributed by atoms with van der Waals surface area (Å²) < 4.78 is 12.0. The lowest BCUT2D eigenvalue weighted by molar-refractivity contribution is -0.870. The average Bonchev–Trinajstić information content (AvgIpc) is 2.47. The Labute approximate surface area is 159 Å². The zero-order chi connectivity index (χ0) is 20.2. The first-order valence-electron chi connectivity index (χ1n) is 9.57. The van der Waals surface area contributed by atoms with Crippen LogP contribution >= 0.6 is 0 Å². The zero-order valence-corrected chi connectivity index (χ0v) is 17.8. The van der Waals surface area contributed by atoms with Gasteiger partial charge in [0.2, 0.25) is 0 Å². The SMILES string of the molecule is C[N+](C)(C)CCOC(=O)CCCCC(N)CCC(=O)OCC[N+](C)(C)C. The number of nitrogens with two attached hydrogens (primary N) is 1. The van der Waals surface area contributed by atoms with Crippen molar-refractivity contribution in [2.24, 2.45) is 5.73 Å². The Bertz CT molecular complexity index is 414. The smallest absolute Gasteiger partial charge is 0.306 e. The molecule has 154 valence electrons. The predicted molar refractivity (Wildman–Crippen MR) is 103 cm³/mol. The third-order valence-corrected chi connectivity index (χ3v) is 3.98. The summed E-state index contributed by atoms with van der Waals surface area (Å²) >= 11 is 0. The van der Waals surface area contributed by atoms with Gasteiger partial charge < -0.3 is 24.2 Å². The highest BCUT2D eigenvalue weighted by atomic mass is 16.5. The number of hydrogen-bond acceptors (Lipinski definition) is 5. The van der Waals surface area contributed by atoms with Crippen LogP contribution in [-0.2, 0) is 19.1 Å². The summed E-state index contributed by atoms with van der Waals surface area (Å²) in [5.74, 6) is -0.331. The van der Waals surface area contributed by atoms with Gasteiger partial charge in [-0.1, -0.05) is 6.42 Å². The molecule has 0 aliphatic heterocycles. The van der Waals surface area contributed by atoms with E-state index in [1.54, 1.807) is 0 Å². The molecule has 7 heteroatoms. The minimum Gasteiger partial charge on any atom is -0.460 e. The highest BCUT2D eigenvalue weighted by Gasteiger charge is 2.12. The fourth-order valence-corrected chi connectivity index (χ4v) is 2.13. The lowest BCUT2D eigenvalue weighted by Gasteiger charge is -2.23. The predicted octanol–water partition coefficient (Wildman–Crippen LogP) is 1.15. The fourth-order valence-electron chi connectivity index (χ4n) is 2.13. The van der Waals surface area contributed by atoms with Gasteiger partial charge in [0.05, 0.1) is 42.3 Å². The van der Waals surface area contributed by atoms with Crippen LogP contribution in [0.4, 0.5) is 0 Å². The van der Waals surface area contributed by atoms with Crippen molar-refractivity contribution in [1.29, 1.82) is 0 Å². The second-order valence-electron chi connectivity index (χ2n) is 9.01. The second-order valence-corrected chi connectivity index (χ2v) is 9.01. The molecule has 0 saturated carbocycles. The van der Waals surface area contributed by atoms with Gasteiger partial charge in [0.25, 0.3) is 0 Å². The first kappa shape index (κ1) is 24.8. The molecule has 0 fully saturated rings. The summed E-state index contributed by atoms with van der Waals surface area (Å²) in [4.78, 5) is 23.3. The zero-order valence-electron chi connectivity index (χ0n) is 17.8. The number of nitrogens with zero attached hydrogens (tertiary/aromatic N) is 2. The monoisotopic (exact) mass is 375 g/mol. The third-order valence-electron chi connectivity index (χ3n) is 3.98. The van der Waals surface area contributed by atoms with Crippen LogP contribution in [0.2, 0.25) is 0 Å². The molecule has 0 aromatic heterocycles. The maximum absolute atomic E-state index is 11.7. The molecule has 0 aromatic carbocycles. The van der Waals surface area contributed by atoms with Gasteiger partial charge in [-0.3, -0.25) is 9.59 Å². The van der Waals surface area contributed by atoms with Crippen LogP contribution in [-0.4, -0.2) is 95.5 Å². The summed E-state index contributed by atoms with van der Waals surface area (Å²) in [6.07, 6.45) is 3.84. The number of ether oxygens (including phenoxy) is 2. The highest BCUT2D eigenvalue weighted by molar-refractivity contribution is 5.69. The fraction of sp³-hybridized carbons (Fsp3) is 0.895. The van der Waals surface area contributed by atoms with E-state index in [4.69, 9.17) is 15.2 Å². The second kappa shape index (κ2) is 12.3. The molecule has 0 bridgehead atoms. The maximum Gasteiger partial charge on any atom is 0.306 e. The largest absolute Gasteiger partial charge is 0.460 e. The Morgan fingerprint density at radius 3 is 1.69 bits per heavy atom. The molecule has 0 spiro atoms. The molecule has 0 rings (SSSR count). The minimum absolute atomic E-state index is 0.0323. The number of carbonyl (C=O) groups is 2. The number of carbonyl (C=O) groups excluding carboxylic acids is 2. The van der Waals surface area contributed by atoms with Crippen LogP contribution in [0.3, 0.4) is 0 Å². The van der Waals surface area contributed by atoms with Crippen LogP contribution in [0.25, 0.3) is 0 Å². The molecular weight excluding hydrogens is 334 g/mol. The topological polar surface area (TPSA) is 78.6 Å². The van der Waals surface area contributed by atoms with Gasteiger partial charge >= 0.3 is 11.9 Å². The van der Waals surface area contributed by atoms with Crippen LogP contribution in [0.15, 0.2) is 0 Å². The Hall–Kier alpha value is -1.18. The van der Waals surface area contributed by atoms with Gasteiger partial charge in [-0.2, -0.15) is 0 Å². The Kier molecular flexibility index (Phi) is 11.7. The van der Waals surface area contributed by atoms with Gasteiger partial charge in [-0.25, -0.2) is 0 Å². The maximum atomic E-state index is 11.7. The van der Waals surface area contributed by atoms with Crippen molar-refractivity contribution >= 4 is 11.9 Å². The van der Waals surface area contributed by atoms with Gasteiger partial charge in [0.1, 0.15) is 26.3 Å². The quantitative estimate of drug-likeness (QED) is 0.280. The van der Waals surface area contributed by atoms with E-state index in [0.29, 0.717) is 32.5 Å². The molecule has 0 radical (unpaired) electrons. The number of quaternary nitrogens is 2. The first-order valence-corrected chi connectivity index (χ1v) is 9.57. The summed E-state index contributed by atoms with van der Waals surface area (Å²) in [5, 5.41) is 0. The van der Waals surface area contributed by atoms with E-state index in [9.17, 15) is 9.59 Å². The van der Waals surface area contributed by atoms with Gasteiger partial charge in [0, 0.05) is 18.9 Å². The lowest BCUT2D eigenvalue weighted by atomic mass is 10.0. The Morgan fingerprint density at radius 1 is 0.769 bits per heavy atom. The van der Waals surface area contributed by atoms with E-state index in [0.717, 1.165) is 41.3 Å². The van der Waals surface area contributed by atoms with E-state index in [1.807, 2.05) is 0 Å². The van der Waals surface area contributed by atoms with E-state index in [1.165, 1.54) is 0 Å². The number of hydrogen-bond donors (Lipinski definition) is 1. The van der Waals surface area contributed by atoms with Crippen LogP contribution in [0, 0.1) is 0 Å². The molecule has 26 heavy (non-hydrogen) atoms. The van der Waals surface area contributed by atoms with Crippen LogP contribution in [0.1, 0.15) is 38.5 Å². The lowest BCUT2D eigenvalue weighted by Crippen LogP contribution is -2.38. The summed E-state index contributed by atoms with van der Waals surface area (Å²) in [6.45, 7) is 2.50. The van der Waals surface area contributed by atoms with Crippen molar-refractivity contribution in [2.45, 2.75) is 44.6 Å². The number of unbranched alkanes of at least 4 members (excludes halogenated alkanes) is 1. The summed E-state index contributed by atoms with van der Waals surface area (Å²) in [7, 11) is 12.4. The van der Waals surface area contributed by atoms with Crippen molar-refractivity contribution in [2.75, 3.05) is 68.6 Å². The molecule has 0 aliphatic rings. The van der Waals surface area contributed by atoms with Gasteiger partial charge in [-0.15, -0.1) is 0 Å². The van der Waals surface area contributed by atoms with Crippen molar-refractivity contribution in [3.8, 4) is 0 Å². The molecule has 0 amide bonds. The number of esters is 2. The normalized spacial score (nSPS) is 13.3. The number of rotatable bonds is 14. The molecule has 1 unspecified atom stereocenters. The molecular formula is C19H41N3O4+2. The van der Waals surface area contributed by atoms with E-state index in [-0.39, 0.29) is 18.0 Å². The van der Waals surface area contributed by atoms with Crippen LogP contribution < -0.4 is 5.73 Å². The van der Waals surface area contributed by atoms with E-state index >= 15 is 0 Å². The molecule has 0 aromatic rings. The van der Waals surface area contributed by atoms with Crippen LogP contribution in [0.5, 0.6) is 0 Å². The van der Waals surface area contributed by atoms with Crippen molar-refractivity contribution < 1.29 is 28.0 Å². The molecule has 7 nitrogen and oxygen atoms in total. The Balaban J connectivity index is 3.63. The van der Waals surface area contributed by atoms with Crippen molar-refractivity contribution in [3.05, 3.63) is 0 Å². The van der Waals surface area contributed by atoms with Gasteiger partial charge in [0.15, 0.2) is 0 Å². The average molecular weight is 376 g/mol. The summed E-state index contributed by atoms with van der Waals surface area (Å²) in [5.41, 5.74) is 6.04. The molecule has 0 saturated heterocycles. The summed E-state index contributed by atoms with van der Waals surface area (Å²) in [6, 6.07) is -0.0323. The highest BCUT2D eigenvalue weighted by Crippen LogP contribution is 2.08. The molecule has 0 aliphatic carbocycles. The minimum atomic E-state index is -0.185. The number of likely N-dealkylation sites (N-methyl/N-ethyl adjacent to an activating group) is 2. The van der Waals surface area contributed by atoms with E-state index in [2.05, 4.69) is 42.3 Å². The molecule has 1 atom stereocenters. The van der Waals surface area contributed by atoms with Crippen molar-refractivity contribution in [3.63, 3.8) is 0 Å². The molecule has 2 N–H and O–H groups in total. The standard InChI is InChI=1S/C19H41N3O4/c1-21(2,3)13-15-25-18(23)10-8-7-9-17(20)11-12-19(24)26-16-14-22(4,5)6/h17H,7-16,20H2,1-6H3/q+2. The molecule has 0 heterocycles. The van der Waals surface area contributed by atoms with Gasteiger partial charge in [-0.05, 0) is 19.3 Å². The Morgan fingerprint density at radius 2 is 1.23 bits per heavy atom. The van der Waals surface area contributed by atoms with Crippen molar-refractivity contribution in [1.82, 2.24) is 0 Å². The third kappa shape index (κ3) is 17.6. The first-order chi connectivity index (χ1) is 11.9. The van der Waals surface area contributed by atoms with E-state index < -0.39 is 0 Å².